The second-order valence-corrected chi connectivity index (χ2v) is 25.6. The molecule has 356 valence electrons. The molecule has 0 fully saturated rings. The maximum absolute atomic E-state index is 10.2. The highest BCUT2D eigenvalue weighted by Crippen LogP contribution is 2.37. The molecule has 0 amide bonds. The van der Waals surface area contributed by atoms with Crippen molar-refractivity contribution in [3.63, 3.8) is 0 Å². The van der Waals surface area contributed by atoms with E-state index in [1.54, 1.807) is 18.2 Å². The van der Waals surface area contributed by atoms with Crippen LogP contribution in [0.5, 0.6) is 17.2 Å². The van der Waals surface area contributed by atoms with Crippen molar-refractivity contribution >= 4 is 37.9 Å². The second kappa shape index (κ2) is 26.9. The molecule has 6 aromatic rings. The molecule has 6 rings (SSSR count). The summed E-state index contributed by atoms with van der Waals surface area (Å²) in [4.78, 5) is 21.7. The average molecular weight is 977 g/mol. The predicted octanol–water partition coefficient (Wildman–Crippen LogP) is 13.4. The largest absolute Gasteiger partial charge is 0.508 e. The molecule has 0 heterocycles. The molecule has 0 saturated carbocycles. The first-order valence-corrected chi connectivity index (χ1v) is 25.9. The van der Waals surface area contributed by atoms with Gasteiger partial charge >= 0.3 is 8.60 Å². The first-order valence-electron chi connectivity index (χ1n) is 22.0. The molecule has 9 nitrogen and oxygen atoms in total. The summed E-state index contributed by atoms with van der Waals surface area (Å²) < 4.78 is 17.5. The van der Waals surface area contributed by atoms with Crippen LogP contribution >= 0.6 is 8.60 Å². The van der Waals surface area contributed by atoms with Crippen LogP contribution < -0.4 is 0 Å². The number of aromatic hydroxyl groups is 3. The quantitative estimate of drug-likeness (QED) is 0.0521. The molecule has 0 atom stereocenters. The molecule has 0 unspecified atom stereocenters. The highest BCUT2D eigenvalue weighted by Gasteiger charge is 2.20. The van der Waals surface area contributed by atoms with Gasteiger partial charge in [-0.1, -0.05) is 172 Å². The van der Waals surface area contributed by atoms with Crippen LogP contribution in [-0.4, -0.2) is 59.3 Å². The van der Waals surface area contributed by atoms with Crippen molar-refractivity contribution in [2.24, 2.45) is 0 Å². The molecule has 13 heteroatoms. The first-order chi connectivity index (χ1) is 31.4. The average Bonchev–Trinajstić information content (AvgIpc) is 3.24. The number of aryl methyl sites for hydroxylation is 3. The highest BCUT2D eigenvalue weighted by molar-refractivity contribution is 7.38. The van der Waals surface area contributed by atoms with E-state index in [1.807, 2.05) is 72.8 Å². The van der Waals surface area contributed by atoms with E-state index in [-0.39, 0.29) is 15.1 Å². The number of hydrogen-bond acceptors (Lipinski definition) is 9. The normalized spacial score (nSPS) is 11.5. The third-order valence-electron chi connectivity index (χ3n) is 9.46. The van der Waals surface area contributed by atoms with Crippen molar-refractivity contribution < 1.29 is 43.3 Å². The van der Waals surface area contributed by atoms with Gasteiger partial charge in [-0.05, 0) is 104 Å². The second-order valence-electron chi connectivity index (χ2n) is 19.1. The zero-order valence-electron chi connectivity index (χ0n) is 41.1. The molecule has 0 aliphatic rings. The van der Waals surface area contributed by atoms with E-state index in [0.717, 1.165) is 66.8 Å². The fourth-order valence-electron chi connectivity index (χ4n) is 6.69. The van der Waals surface area contributed by atoms with Gasteiger partial charge in [-0.25, -0.2) is 0 Å². The molecule has 67 heavy (non-hydrogen) atoms. The first kappa shape index (κ1) is 56.9. The number of phenolic OH excluding ortho intramolecular Hbond substituents is 3. The van der Waals surface area contributed by atoms with E-state index >= 15 is 0 Å². The van der Waals surface area contributed by atoms with Crippen LogP contribution in [0.15, 0.2) is 127 Å². The fraction of sp³-hybridized carbons (Fsp3) is 0.333. The summed E-state index contributed by atoms with van der Waals surface area (Å²) >= 11 is 0. The van der Waals surface area contributed by atoms with Gasteiger partial charge < -0.3 is 43.3 Å². The predicted molar refractivity (Wildman–Crippen MR) is 279 cm³/mol. The van der Waals surface area contributed by atoms with E-state index in [9.17, 15) is 15.3 Å². The summed E-state index contributed by atoms with van der Waals surface area (Å²) in [6.07, 6.45) is 0. The Labute approximate surface area is 408 Å². The van der Waals surface area contributed by atoms with Gasteiger partial charge in [0.2, 0.25) is 29.3 Å². The Morgan fingerprint density at radius 3 is 0.776 bits per heavy atom. The minimum atomic E-state index is -2.62. The Morgan fingerprint density at radius 1 is 0.373 bits per heavy atom. The Bertz CT molecular complexity index is 2130. The third-order valence-corrected chi connectivity index (χ3v) is 12.2. The van der Waals surface area contributed by atoms with E-state index in [4.69, 9.17) is 28.0 Å². The molecule has 0 aromatic heterocycles. The summed E-state index contributed by atoms with van der Waals surface area (Å²) in [5.41, 5.74) is 12.6. The van der Waals surface area contributed by atoms with Gasteiger partial charge in [0.25, 0.3) is 0 Å². The van der Waals surface area contributed by atoms with Crippen LogP contribution in [0.3, 0.4) is 0 Å². The van der Waals surface area contributed by atoms with Gasteiger partial charge in [0.15, 0.2) is 0 Å². The summed E-state index contributed by atoms with van der Waals surface area (Å²) in [5.74, 6) is 0.912. The van der Waals surface area contributed by atoms with Crippen molar-refractivity contribution in [2.75, 3.05) is 0 Å². The van der Waals surface area contributed by atoms with E-state index in [1.165, 1.54) is 0 Å². The smallest absolute Gasteiger partial charge is 0.324 e. The zero-order chi connectivity index (χ0) is 50.0. The molecule has 6 aromatic carbocycles. The Balaban J connectivity index is 0.000000256. The SMILES string of the molecule is Cc1ccc(O)c(CO[Si]C(C)(C)C)c1-c1ccccc1.Cc1ccc(O)c(CO[Si]C(C)(C)C)c1-c1ccccc1.Cc1ccc(O)c(CO[Si]C(C)(C)C)c1-c1ccccc1.OP(O)O. The lowest BCUT2D eigenvalue weighted by molar-refractivity contribution is 0.302. The molecule has 0 spiro atoms. The number of benzene rings is 6. The van der Waals surface area contributed by atoms with Gasteiger partial charge in [-0.15, -0.1) is 0 Å². The van der Waals surface area contributed by atoms with E-state index < -0.39 is 8.60 Å². The zero-order valence-corrected chi connectivity index (χ0v) is 45.0. The summed E-state index contributed by atoms with van der Waals surface area (Å²) in [5, 5.41) is 31.1. The van der Waals surface area contributed by atoms with Gasteiger partial charge in [0.1, 0.15) is 17.2 Å². The van der Waals surface area contributed by atoms with Crippen molar-refractivity contribution in [1.82, 2.24) is 0 Å². The standard InChI is InChI=1S/3C18H22O2Si.H3O3P/c3*1-13-10-11-16(19)15(12-20-21-18(2,3)4)17(13)14-8-6-5-7-9-14;1-4(2)3/h3*5-11,19H,12H2,1-4H3;1-3H. The maximum atomic E-state index is 10.2. The Morgan fingerprint density at radius 2 is 0.582 bits per heavy atom. The van der Waals surface area contributed by atoms with Crippen LogP contribution in [0.2, 0.25) is 15.1 Å². The molecule has 6 N–H and O–H groups in total. The molecular weight excluding hydrogens is 908 g/mol. The van der Waals surface area contributed by atoms with Crippen LogP contribution in [0.4, 0.5) is 0 Å². The minimum absolute atomic E-state index is 0.145. The Kier molecular flexibility index (Phi) is 22.9. The monoisotopic (exact) mass is 976 g/mol. The number of phenols is 3. The third kappa shape index (κ3) is 20.4. The van der Waals surface area contributed by atoms with Crippen LogP contribution in [-0.2, 0) is 33.1 Å². The number of hydrogen-bond donors (Lipinski definition) is 6. The lowest BCUT2D eigenvalue weighted by Gasteiger charge is -2.19. The topological polar surface area (TPSA) is 149 Å². The van der Waals surface area contributed by atoms with Crippen LogP contribution in [0.1, 0.15) is 95.7 Å². The Hall–Kier alpha value is -4.44. The summed E-state index contributed by atoms with van der Waals surface area (Å²) in [7, 11) is -1.41. The van der Waals surface area contributed by atoms with Crippen molar-refractivity contribution in [3.05, 3.63) is 161 Å². The minimum Gasteiger partial charge on any atom is -0.508 e. The van der Waals surface area contributed by atoms with E-state index in [2.05, 4.69) is 119 Å². The summed E-state index contributed by atoms with van der Waals surface area (Å²) in [6.45, 7) is 26.9. The number of rotatable bonds is 12. The highest BCUT2D eigenvalue weighted by atomic mass is 31.2. The molecule has 0 aliphatic heterocycles. The van der Waals surface area contributed by atoms with Crippen LogP contribution in [0.25, 0.3) is 33.4 Å². The molecule has 0 bridgehead atoms. The lowest BCUT2D eigenvalue weighted by Crippen LogP contribution is -2.12. The molecular formula is C54H69O9PSi3. The van der Waals surface area contributed by atoms with Crippen molar-refractivity contribution in [2.45, 2.75) is 118 Å². The fourth-order valence-corrected chi connectivity index (χ4v) is 8.64. The van der Waals surface area contributed by atoms with Gasteiger partial charge in [-0.2, -0.15) is 0 Å². The molecule has 0 aliphatic carbocycles. The van der Waals surface area contributed by atoms with Gasteiger partial charge in [0, 0.05) is 16.7 Å². The lowest BCUT2D eigenvalue weighted by atomic mass is 9.95. The van der Waals surface area contributed by atoms with E-state index in [0.29, 0.717) is 66.4 Å². The van der Waals surface area contributed by atoms with Crippen LogP contribution in [0, 0.1) is 20.8 Å². The van der Waals surface area contributed by atoms with Gasteiger partial charge in [0.05, 0.1) is 19.8 Å². The summed E-state index contributed by atoms with van der Waals surface area (Å²) in [6, 6.07) is 41.6. The molecule has 6 radical (unpaired) electrons. The van der Waals surface area contributed by atoms with Crippen molar-refractivity contribution in [3.8, 4) is 50.6 Å². The van der Waals surface area contributed by atoms with Gasteiger partial charge in [-0.3, -0.25) is 0 Å². The maximum Gasteiger partial charge on any atom is 0.324 e. The molecule has 0 saturated heterocycles. The van der Waals surface area contributed by atoms with Crippen molar-refractivity contribution in [1.29, 1.82) is 0 Å².